The number of nitrogens with one attached hydrogen (secondary N) is 1. The monoisotopic (exact) mass is 558 g/mol. The van der Waals surface area contributed by atoms with E-state index < -0.39 is 6.16 Å². The van der Waals surface area contributed by atoms with Gasteiger partial charge in [-0.25, -0.2) is 9.18 Å². The van der Waals surface area contributed by atoms with Gasteiger partial charge in [0.1, 0.15) is 5.82 Å². The van der Waals surface area contributed by atoms with Crippen molar-refractivity contribution in [2.24, 2.45) is 11.8 Å². The van der Waals surface area contributed by atoms with Gasteiger partial charge in [-0.2, -0.15) is 0 Å². The maximum Gasteiger partial charge on any atom is 0.503 e. The number of carbonyl (C=O) groups excluding carboxylic acids is 2. The third-order valence-electron chi connectivity index (χ3n) is 8.27. The third-order valence-corrected chi connectivity index (χ3v) is 8.27. The molecule has 7 nitrogen and oxygen atoms in total. The molecule has 2 aliphatic carbocycles. The molecule has 3 N–H and O–H groups in total. The van der Waals surface area contributed by atoms with Crippen molar-refractivity contribution in [1.82, 2.24) is 4.90 Å². The lowest BCUT2D eigenvalue weighted by Gasteiger charge is -2.24. The molecule has 0 radical (unpaired) electrons. The van der Waals surface area contributed by atoms with E-state index in [1.54, 1.807) is 17.0 Å². The highest BCUT2D eigenvalue weighted by Gasteiger charge is 2.33. The van der Waals surface area contributed by atoms with Crippen LogP contribution in [0.4, 0.5) is 14.9 Å². The Hall–Kier alpha value is -4.20. The Kier molecular flexibility index (Phi) is 8.67. The average Bonchev–Trinajstić information content (AvgIpc) is 3.47. The molecule has 214 valence electrons. The van der Waals surface area contributed by atoms with E-state index in [0.717, 1.165) is 54.8 Å². The average molecular weight is 559 g/mol. The highest BCUT2D eigenvalue weighted by atomic mass is 19.1. The van der Waals surface area contributed by atoms with Gasteiger partial charge < -0.3 is 20.4 Å². The van der Waals surface area contributed by atoms with E-state index in [4.69, 9.17) is 15.0 Å². The van der Waals surface area contributed by atoms with Gasteiger partial charge in [0, 0.05) is 23.4 Å². The van der Waals surface area contributed by atoms with E-state index in [0.29, 0.717) is 23.6 Å². The van der Waals surface area contributed by atoms with Crippen LogP contribution in [0.25, 0.3) is 0 Å². The van der Waals surface area contributed by atoms with Crippen molar-refractivity contribution in [3.05, 3.63) is 100 Å². The molecular formula is C33H35FN2O5. The molecule has 0 bridgehead atoms. The lowest BCUT2D eigenvalue weighted by atomic mass is 9.83. The van der Waals surface area contributed by atoms with Gasteiger partial charge in [-0.05, 0) is 84.9 Å². The van der Waals surface area contributed by atoms with Gasteiger partial charge in [0.05, 0.1) is 12.5 Å². The minimum absolute atomic E-state index is 0.0591. The highest BCUT2D eigenvalue weighted by molar-refractivity contribution is 5.98. The van der Waals surface area contributed by atoms with E-state index in [1.165, 1.54) is 24.5 Å². The summed E-state index contributed by atoms with van der Waals surface area (Å²) in [6, 6.07) is 21.1. The van der Waals surface area contributed by atoms with Crippen LogP contribution in [-0.4, -0.2) is 33.1 Å². The Bertz CT molecular complexity index is 1410. The van der Waals surface area contributed by atoms with Gasteiger partial charge in [-0.3, -0.25) is 9.59 Å². The summed E-state index contributed by atoms with van der Waals surface area (Å²) in [5.74, 6) is 0.537. The van der Waals surface area contributed by atoms with Gasteiger partial charge in [0.25, 0.3) is 5.91 Å². The van der Waals surface area contributed by atoms with Crippen LogP contribution >= 0.6 is 0 Å². The first-order chi connectivity index (χ1) is 19.8. The minimum atomic E-state index is -1.83. The summed E-state index contributed by atoms with van der Waals surface area (Å²) in [5, 5.41) is 17.2. The Morgan fingerprint density at radius 3 is 2.27 bits per heavy atom. The first-order valence-electron chi connectivity index (χ1n) is 14.3. The molecule has 0 saturated heterocycles. The molecule has 0 aromatic heterocycles. The van der Waals surface area contributed by atoms with Crippen LogP contribution in [0.15, 0.2) is 66.7 Å². The number of halogens is 1. The Morgan fingerprint density at radius 1 is 0.927 bits per heavy atom. The van der Waals surface area contributed by atoms with Crippen LogP contribution in [0.5, 0.6) is 0 Å². The minimum Gasteiger partial charge on any atom is -0.450 e. The predicted molar refractivity (Wildman–Crippen MR) is 153 cm³/mol. The number of rotatable bonds is 8. The number of benzene rings is 3. The number of fused-ring (bicyclic) bond motifs is 1. The molecule has 41 heavy (non-hydrogen) atoms. The first kappa shape index (κ1) is 28.3. The number of amides is 2. The van der Waals surface area contributed by atoms with Crippen LogP contribution < -0.4 is 5.32 Å². The third kappa shape index (κ3) is 7.12. The van der Waals surface area contributed by atoms with Crippen LogP contribution in [0.1, 0.15) is 77.1 Å². The lowest BCUT2D eigenvalue weighted by molar-refractivity contribution is -0.118. The zero-order valence-corrected chi connectivity index (χ0v) is 22.9. The second-order valence-electron chi connectivity index (χ2n) is 11.3. The SMILES string of the molecule is O=C(Nc1cccc(CC2CC2)c1)[C@@H](c1ccc(CN2Cc3c(F)cccc3C2=O)cc1)C1CCCC1.O=C(O)O. The van der Waals surface area contributed by atoms with E-state index in [-0.39, 0.29) is 30.1 Å². The largest absolute Gasteiger partial charge is 0.503 e. The molecule has 2 saturated carbocycles. The van der Waals surface area contributed by atoms with Crippen LogP contribution in [-0.2, 0) is 24.3 Å². The summed E-state index contributed by atoms with van der Waals surface area (Å²) in [4.78, 5) is 36.6. The number of carboxylic acid groups (broad SMARTS) is 2. The lowest BCUT2D eigenvalue weighted by Crippen LogP contribution is -2.27. The Labute approximate surface area is 239 Å². The second-order valence-corrected chi connectivity index (χ2v) is 11.3. The smallest absolute Gasteiger partial charge is 0.450 e. The van der Waals surface area contributed by atoms with Crippen molar-refractivity contribution in [2.75, 3.05) is 5.32 Å². The first-order valence-corrected chi connectivity index (χ1v) is 14.3. The summed E-state index contributed by atoms with van der Waals surface area (Å²) < 4.78 is 14.2. The maximum absolute atomic E-state index is 14.2. The molecule has 3 aromatic carbocycles. The normalized spacial score (nSPS) is 17.0. The molecule has 1 aliphatic heterocycles. The highest BCUT2D eigenvalue weighted by Crippen LogP contribution is 2.39. The molecular weight excluding hydrogens is 523 g/mol. The van der Waals surface area contributed by atoms with Crippen molar-refractivity contribution in [3.8, 4) is 0 Å². The molecule has 1 heterocycles. The maximum atomic E-state index is 14.2. The molecule has 0 unspecified atom stereocenters. The summed E-state index contributed by atoms with van der Waals surface area (Å²) >= 11 is 0. The molecule has 8 heteroatoms. The van der Waals surface area contributed by atoms with Crippen molar-refractivity contribution in [1.29, 1.82) is 0 Å². The molecule has 3 aromatic rings. The molecule has 0 spiro atoms. The Morgan fingerprint density at radius 2 is 1.61 bits per heavy atom. The molecule has 1 atom stereocenters. The van der Waals surface area contributed by atoms with E-state index in [2.05, 4.69) is 17.4 Å². The predicted octanol–water partition coefficient (Wildman–Crippen LogP) is 7.07. The molecule has 6 rings (SSSR count). The Balaban J connectivity index is 0.000000794. The van der Waals surface area contributed by atoms with E-state index >= 15 is 0 Å². The summed E-state index contributed by atoms with van der Waals surface area (Å²) in [6.45, 7) is 0.705. The summed E-state index contributed by atoms with van der Waals surface area (Å²) in [5.41, 5.74) is 5.09. The van der Waals surface area contributed by atoms with E-state index in [1.807, 2.05) is 36.4 Å². The zero-order valence-electron chi connectivity index (χ0n) is 22.9. The standard InChI is InChI=1S/C32H33FN2O2.CH2O3/c33-29-10-4-9-27-28(29)20-35(32(27)37)19-22-13-15-25(16-14-22)30(24-6-1-2-7-24)31(36)34-26-8-3-5-23(18-26)17-21-11-12-21;2-1(3)4/h3-5,8-10,13-16,18,21,24,30H,1-2,6-7,11-12,17,19-20H2,(H,34,36);(H2,2,3,4)/t30-;/m1./s1. The fraction of sp³-hybridized carbons (Fsp3) is 0.364. The van der Waals surface area contributed by atoms with E-state index in [9.17, 15) is 14.0 Å². The van der Waals surface area contributed by atoms with Gasteiger partial charge in [-0.1, -0.05) is 55.3 Å². The molecule has 2 amide bonds. The van der Waals surface area contributed by atoms with Gasteiger partial charge in [-0.15, -0.1) is 0 Å². The van der Waals surface area contributed by atoms with Crippen molar-refractivity contribution in [3.63, 3.8) is 0 Å². The second kappa shape index (κ2) is 12.5. The van der Waals surface area contributed by atoms with Gasteiger partial charge in [0.15, 0.2) is 0 Å². The molecule has 2 fully saturated rings. The van der Waals surface area contributed by atoms with Gasteiger partial charge in [0.2, 0.25) is 5.91 Å². The zero-order chi connectivity index (χ0) is 28.9. The van der Waals surface area contributed by atoms with Crippen molar-refractivity contribution in [2.45, 2.75) is 64.0 Å². The number of hydrogen-bond donors (Lipinski definition) is 3. The number of hydrogen-bond acceptors (Lipinski definition) is 3. The quantitative estimate of drug-likeness (QED) is 0.274. The topological polar surface area (TPSA) is 107 Å². The fourth-order valence-corrected chi connectivity index (χ4v) is 6.11. The summed E-state index contributed by atoms with van der Waals surface area (Å²) in [7, 11) is 0. The van der Waals surface area contributed by atoms with Crippen LogP contribution in [0.2, 0.25) is 0 Å². The molecule has 3 aliphatic rings. The summed E-state index contributed by atoms with van der Waals surface area (Å²) in [6.07, 6.45) is 6.34. The van der Waals surface area contributed by atoms with Crippen molar-refractivity contribution < 1.29 is 29.0 Å². The number of anilines is 1. The van der Waals surface area contributed by atoms with Crippen LogP contribution in [0, 0.1) is 17.7 Å². The van der Waals surface area contributed by atoms with Gasteiger partial charge >= 0.3 is 6.16 Å². The number of carbonyl (C=O) groups is 3. The number of nitrogens with zero attached hydrogens (tertiary/aromatic N) is 1. The van der Waals surface area contributed by atoms with Crippen molar-refractivity contribution >= 4 is 23.7 Å². The van der Waals surface area contributed by atoms with Crippen LogP contribution in [0.3, 0.4) is 0 Å². The fourth-order valence-electron chi connectivity index (χ4n) is 6.11.